The molecule has 0 aliphatic carbocycles. The van der Waals surface area contributed by atoms with Crippen molar-refractivity contribution in [3.8, 4) is 0 Å². The van der Waals surface area contributed by atoms with E-state index in [9.17, 15) is 8.42 Å². The largest absolute Gasteiger partial charge is 0.228 e. The van der Waals surface area contributed by atoms with Crippen molar-refractivity contribution in [1.29, 1.82) is 0 Å². The second-order valence-corrected chi connectivity index (χ2v) is 6.85. The highest BCUT2D eigenvalue weighted by atomic mass is 32.2. The first kappa shape index (κ1) is 13.9. The van der Waals surface area contributed by atoms with Gasteiger partial charge in [-0.2, -0.15) is 0 Å². The third-order valence-corrected chi connectivity index (χ3v) is 6.44. The average molecular weight is 220 g/mol. The Bertz CT molecular complexity index is 240. The van der Waals surface area contributed by atoms with Crippen LogP contribution in [0.25, 0.3) is 0 Å². The van der Waals surface area contributed by atoms with Crippen molar-refractivity contribution in [2.45, 2.75) is 58.6 Å². The minimum Gasteiger partial charge on any atom is -0.228 e. The van der Waals surface area contributed by atoms with Gasteiger partial charge in [0.1, 0.15) is 0 Å². The molecule has 0 saturated carbocycles. The van der Waals surface area contributed by atoms with E-state index in [1.54, 1.807) is 0 Å². The van der Waals surface area contributed by atoms with Gasteiger partial charge < -0.3 is 0 Å². The van der Waals surface area contributed by atoms with Gasteiger partial charge in [-0.15, -0.1) is 0 Å². The van der Waals surface area contributed by atoms with Gasteiger partial charge in [0, 0.05) is 0 Å². The monoisotopic (exact) mass is 220 g/mol. The summed E-state index contributed by atoms with van der Waals surface area (Å²) in [6.45, 7) is 9.85. The quantitative estimate of drug-likeness (QED) is 0.689. The van der Waals surface area contributed by atoms with Crippen molar-refractivity contribution in [1.82, 2.24) is 0 Å². The molecule has 2 nitrogen and oxygen atoms in total. The molecule has 0 unspecified atom stereocenters. The lowest BCUT2D eigenvalue weighted by atomic mass is 9.99. The van der Waals surface area contributed by atoms with Gasteiger partial charge in [0.05, 0.1) is 10.5 Å². The summed E-state index contributed by atoms with van der Waals surface area (Å²) in [5.41, 5.74) is 0. The second-order valence-electron chi connectivity index (χ2n) is 4.42. The zero-order chi connectivity index (χ0) is 11.4. The molecule has 14 heavy (non-hydrogen) atoms. The predicted molar refractivity (Wildman–Crippen MR) is 62.2 cm³/mol. The summed E-state index contributed by atoms with van der Waals surface area (Å²) >= 11 is 0. The molecule has 0 spiro atoms. The Morgan fingerprint density at radius 1 is 1.00 bits per heavy atom. The van der Waals surface area contributed by atoms with E-state index in [1.165, 1.54) is 0 Å². The van der Waals surface area contributed by atoms with Gasteiger partial charge in [-0.3, -0.25) is 0 Å². The standard InChI is InChI=1S/C11H24O2S/c1-6-11(7-2,8-3)14(12,13)9-10(4)5/h10H,6-9H2,1-5H3. The van der Waals surface area contributed by atoms with E-state index < -0.39 is 14.6 Å². The van der Waals surface area contributed by atoms with E-state index in [2.05, 4.69) is 0 Å². The number of sulfone groups is 1. The highest BCUT2D eigenvalue weighted by molar-refractivity contribution is 7.92. The molecule has 0 atom stereocenters. The van der Waals surface area contributed by atoms with Crippen LogP contribution in [-0.2, 0) is 9.84 Å². The van der Waals surface area contributed by atoms with Gasteiger partial charge in [0.15, 0.2) is 9.84 Å². The third-order valence-electron chi connectivity index (χ3n) is 3.15. The maximum absolute atomic E-state index is 12.2. The summed E-state index contributed by atoms with van der Waals surface area (Å²) in [5, 5.41) is 0. The maximum atomic E-state index is 12.2. The minimum atomic E-state index is -2.93. The highest BCUT2D eigenvalue weighted by Crippen LogP contribution is 2.31. The van der Waals surface area contributed by atoms with Gasteiger partial charge in [0.25, 0.3) is 0 Å². The molecule has 0 N–H and O–H groups in total. The summed E-state index contributed by atoms with van der Waals surface area (Å²) in [7, 11) is -2.93. The van der Waals surface area contributed by atoms with Crippen LogP contribution in [-0.4, -0.2) is 18.9 Å². The zero-order valence-electron chi connectivity index (χ0n) is 10.1. The molecule has 0 aliphatic heterocycles. The smallest absolute Gasteiger partial charge is 0.156 e. The van der Waals surface area contributed by atoms with E-state index in [0.717, 1.165) is 19.3 Å². The summed E-state index contributed by atoms with van der Waals surface area (Å²) in [5.74, 6) is 0.548. The summed E-state index contributed by atoms with van der Waals surface area (Å²) < 4.78 is 23.8. The summed E-state index contributed by atoms with van der Waals surface area (Å²) in [6.07, 6.45) is 2.19. The Labute approximate surface area is 89.0 Å². The van der Waals surface area contributed by atoms with Crippen LogP contribution in [0.15, 0.2) is 0 Å². The molecule has 0 aromatic carbocycles. The predicted octanol–water partition coefficient (Wildman–Crippen LogP) is 3.03. The lowest BCUT2D eigenvalue weighted by molar-refractivity contribution is 0.462. The van der Waals surface area contributed by atoms with Crippen molar-refractivity contribution in [3.63, 3.8) is 0 Å². The molecule has 0 heterocycles. The van der Waals surface area contributed by atoms with Crippen molar-refractivity contribution >= 4 is 9.84 Å². The van der Waals surface area contributed by atoms with Crippen molar-refractivity contribution in [2.75, 3.05) is 5.75 Å². The first-order chi connectivity index (χ1) is 6.35. The Morgan fingerprint density at radius 2 is 1.36 bits per heavy atom. The van der Waals surface area contributed by atoms with E-state index in [4.69, 9.17) is 0 Å². The molecule has 3 heteroatoms. The summed E-state index contributed by atoms with van der Waals surface area (Å²) in [6, 6.07) is 0. The molecule has 0 aliphatic rings. The van der Waals surface area contributed by atoms with Crippen LogP contribution in [0, 0.1) is 5.92 Å². The topological polar surface area (TPSA) is 34.1 Å². The molecule has 0 bridgehead atoms. The molecule has 86 valence electrons. The molecular formula is C11H24O2S. The summed E-state index contributed by atoms with van der Waals surface area (Å²) in [4.78, 5) is 0. The number of rotatable bonds is 6. The molecule has 0 radical (unpaired) electrons. The van der Waals surface area contributed by atoms with Crippen LogP contribution in [0.5, 0.6) is 0 Å². The molecule has 0 rings (SSSR count). The SMILES string of the molecule is CCC(CC)(CC)S(=O)(=O)CC(C)C. The lowest BCUT2D eigenvalue weighted by Crippen LogP contribution is -2.39. The second kappa shape index (κ2) is 5.15. The molecular weight excluding hydrogens is 196 g/mol. The normalized spacial score (nSPS) is 13.6. The van der Waals surface area contributed by atoms with Crippen LogP contribution >= 0.6 is 0 Å². The van der Waals surface area contributed by atoms with Crippen molar-refractivity contribution in [3.05, 3.63) is 0 Å². The number of hydrogen-bond donors (Lipinski definition) is 0. The first-order valence-electron chi connectivity index (χ1n) is 5.57. The van der Waals surface area contributed by atoms with Crippen LogP contribution in [0.2, 0.25) is 0 Å². The zero-order valence-corrected chi connectivity index (χ0v) is 10.9. The average Bonchev–Trinajstić information content (AvgIpc) is 2.05. The molecule has 0 aromatic heterocycles. The van der Waals surface area contributed by atoms with E-state index >= 15 is 0 Å². The fraction of sp³-hybridized carbons (Fsp3) is 1.00. The van der Waals surface area contributed by atoms with Crippen molar-refractivity contribution < 1.29 is 8.42 Å². The maximum Gasteiger partial charge on any atom is 0.156 e. The van der Waals surface area contributed by atoms with Crippen molar-refractivity contribution in [2.24, 2.45) is 5.92 Å². The van der Waals surface area contributed by atoms with E-state index in [1.807, 2.05) is 34.6 Å². The van der Waals surface area contributed by atoms with Gasteiger partial charge in [0.2, 0.25) is 0 Å². The Morgan fingerprint density at radius 3 is 1.57 bits per heavy atom. The number of hydrogen-bond acceptors (Lipinski definition) is 2. The molecule has 0 amide bonds. The van der Waals surface area contributed by atoms with Gasteiger partial charge in [-0.25, -0.2) is 8.42 Å². The third kappa shape index (κ3) is 2.72. The minimum absolute atomic E-state index is 0.226. The molecule has 0 aromatic rings. The van der Waals surface area contributed by atoms with Gasteiger partial charge in [-0.05, 0) is 25.2 Å². The van der Waals surface area contributed by atoms with E-state index in [0.29, 0.717) is 5.75 Å². The van der Waals surface area contributed by atoms with Gasteiger partial charge >= 0.3 is 0 Å². The van der Waals surface area contributed by atoms with Gasteiger partial charge in [-0.1, -0.05) is 34.6 Å². The first-order valence-corrected chi connectivity index (χ1v) is 7.22. The van der Waals surface area contributed by atoms with Crippen LogP contribution in [0.3, 0.4) is 0 Å². The Hall–Kier alpha value is -0.0500. The van der Waals surface area contributed by atoms with Crippen LogP contribution in [0.1, 0.15) is 53.9 Å². The Kier molecular flexibility index (Phi) is 5.13. The van der Waals surface area contributed by atoms with E-state index in [-0.39, 0.29) is 5.92 Å². The fourth-order valence-corrected chi connectivity index (χ4v) is 4.58. The lowest BCUT2D eigenvalue weighted by Gasteiger charge is -2.30. The van der Waals surface area contributed by atoms with Crippen LogP contribution < -0.4 is 0 Å². The molecule has 0 fully saturated rings. The van der Waals surface area contributed by atoms with Crippen LogP contribution in [0.4, 0.5) is 0 Å². The fourth-order valence-electron chi connectivity index (χ4n) is 2.03. The Balaban J connectivity index is 5.00. The molecule has 0 saturated heterocycles. The highest BCUT2D eigenvalue weighted by Gasteiger charge is 2.38.